The highest BCUT2D eigenvalue weighted by molar-refractivity contribution is 7.89. The molecule has 0 heterocycles. The number of amides is 2. The Balaban J connectivity index is 2.77. The van der Waals surface area contributed by atoms with E-state index in [4.69, 9.17) is 0 Å². The van der Waals surface area contributed by atoms with Crippen molar-refractivity contribution in [1.82, 2.24) is 14.9 Å². The molecule has 0 radical (unpaired) electrons. The van der Waals surface area contributed by atoms with Crippen molar-refractivity contribution in [2.45, 2.75) is 31.2 Å². The first kappa shape index (κ1) is 19.1. The number of rotatable bonds is 7. The summed E-state index contributed by atoms with van der Waals surface area (Å²) >= 11 is 0. The van der Waals surface area contributed by atoms with Crippen molar-refractivity contribution in [3.8, 4) is 0 Å². The van der Waals surface area contributed by atoms with Crippen LogP contribution in [-0.4, -0.2) is 51.2 Å². The van der Waals surface area contributed by atoms with Crippen LogP contribution < -0.4 is 10.6 Å². The van der Waals surface area contributed by atoms with Crippen LogP contribution in [0.4, 0.5) is 0 Å². The zero-order valence-corrected chi connectivity index (χ0v) is 14.6. The summed E-state index contributed by atoms with van der Waals surface area (Å²) in [7, 11) is -0.655. The van der Waals surface area contributed by atoms with E-state index in [9.17, 15) is 18.0 Å². The predicted octanol–water partition coefficient (Wildman–Crippen LogP) is 0.581. The summed E-state index contributed by atoms with van der Waals surface area (Å²) in [6.07, 6.45) is 0.814. The fourth-order valence-electron chi connectivity index (χ4n) is 1.74. The van der Waals surface area contributed by atoms with E-state index in [0.717, 1.165) is 10.7 Å². The molecule has 0 aliphatic heterocycles. The second-order valence-corrected chi connectivity index (χ2v) is 7.45. The second kappa shape index (κ2) is 8.07. The molecule has 1 atom stereocenters. The van der Waals surface area contributed by atoms with Gasteiger partial charge in [0.1, 0.15) is 6.04 Å². The van der Waals surface area contributed by atoms with Crippen LogP contribution in [0.3, 0.4) is 0 Å². The van der Waals surface area contributed by atoms with Gasteiger partial charge in [-0.2, -0.15) is 0 Å². The molecule has 0 unspecified atom stereocenters. The van der Waals surface area contributed by atoms with Gasteiger partial charge in [0.05, 0.1) is 4.90 Å². The summed E-state index contributed by atoms with van der Waals surface area (Å²) in [5.74, 6) is -0.690. The molecule has 0 aliphatic carbocycles. The molecule has 1 aromatic rings. The molecule has 0 aliphatic rings. The van der Waals surface area contributed by atoms with Crippen LogP contribution in [0.25, 0.3) is 0 Å². The van der Waals surface area contributed by atoms with Crippen molar-refractivity contribution in [1.29, 1.82) is 0 Å². The van der Waals surface area contributed by atoms with Crippen molar-refractivity contribution in [2.75, 3.05) is 20.6 Å². The lowest BCUT2D eigenvalue weighted by Crippen LogP contribution is -2.45. The molecule has 0 saturated heterocycles. The summed E-state index contributed by atoms with van der Waals surface area (Å²) in [5.41, 5.74) is 0.290. The lowest BCUT2D eigenvalue weighted by atomic mass is 10.2. The van der Waals surface area contributed by atoms with Crippen LogP contribution in [0.5, 0.6) is 0 Å². The Kier molecular flexibility index (Phi) is 6.71. The van der Waals surface area contributed by atoms with E-state index in [2.05, 4.69) is 10.6 Å². The van der Waals surface area contributed by atoms with Crippen LogP contribution >= 0.6 is 0 Å². The van der Waals surface area contributed by atoms with Crippen molar-refractivity contribution in [3.63, 3.8) is 0 Å². The van der Waals surface area contributed by atoms with Crippen LogP contribution in [0.2, 0.25) is 0 Å². The van der Waals surface area contributed by atoms with Crippen molar-refractivity contribution < 1.29 is 18.0 Å². The maximum absolute atomic E-state index is 12.1. The Morgan fingerprint density at radius 3 is 2.22 bits per heavy atom. The minimum absolute atomic E-state index is 0.104. The summed E-state index contributed by atoms with van der Waals surface area (Å²) in [6.45, 7) is 4.08. The highest BCUT2D eigenvalue weighted by Gasteiger charge is 2.19. The van der Waals surface area contributed by atoms with E-state index in [0.29, 0.717) is 6.54 Å². The van der Waals surface area contributed by atoms with E-state index in [1.165, 1.54) is 38.4 Å². The largest absolute Gasteiger partial charge is 0.354 e. The monoisotopic (exact) mass is 341 g/mol. The fraction of sp³-hybridized carbons (Fsp3) is 0.467. The molecule has 2 N–H and O–H groups in total. The quantitative estimate of drug-likeness (QED) is 0.758. The van der Waals surface area contributed by atoms with Gasteiger partial charge < -0.3 is 10.6 Å². The number of hydrogen-bond donors (Lipinski definition) is 2. The fourth-order valence-corrected chi connectivity index (χ4v) is 2.64. The average molecular weight is 341 g/mol. The molecule has 1 aromatic carbocycles. The minimum atomic E-state index is -3.53. The maximum Gasteiger partial charge on any atom is 0.251 e. The number of nitrogens with one attached hydrogen (secondary N) is 2. The lowest BCUT2D eigenvalue weighted by Gasteiger charge is -2.14. The van der Waals surface area contributed by atoms with Gasteiger partial charge in [0.15, 0.2) is 0 Å². The van der Waals surface area contributed by atoms with E-state index in [1.807, 2.05) is 6.92 Å². The molecule has 2 amide bonds. The van der Waals surface area contributed by atoms with E-state index in [1.54, 1.807) is 6.92 Å². The summed E-state index contributed by atoms with van der Waals surface area (Å²) < 4.78 is 25.0. The SMILES string of the molecule is CCCNC(=O)[C@@H](C)NC(=O)c1ccc(S(=O)(=O)N(C)C)cc1. The Morgan fingerprint density at radius 2 is 1.74 bits per heavy atom. The van der Waals surface area contributed by atoms with Crippen molar-refractivity contribution >= 4 is 21.8 Å². The van der Waals surface area contributed by atoms with Crippen molar-refractivity contribution in [2.24, 2.45) is 0 Å². The van der Waals surface area contributed by atoms with Gasteiger partial charge in [0, 0.05) is 26.2 Å². The number of sulfonamides is 1. The van der Waals surface area contributed by atoms with Gasteiger partial charge in [-0.15, -0.1) is 0 Å². The van der Waals surface area contributed by atoms with Gasteiger partial charge in [-0.25, -0.2) is 12.7 Å². The molecule has 8 heteroatoms. The highest BCUT2D eigenvalue weighted by atomic mass is 32.2. The van der Waals surface area contributed by atoms with E-state index in [-0.39, 0.29) is 16.4 Å². The van der Waals surface area contributed by atoms with Gasteiger partial charge in [0.2, 0.25) is 15.9 Å². The van der Waals surface area contributed by atoms with Gasteiger partial charge in [-0.1, -0.05) is 6.92 Å². The van der Waals surface area contributed by atoms with E-state index >= 15 is 0 Å². The number of carbonyl (C=O) groups is 2. The third-order valence-corrected chi connectivity index (χ3v) is 5.01. The number of carbonyl (C=O) groups excluding carboxylic acids is 2. The molecule has 128 valence electrons. The Labute approximate surface area is 137 Å². The molecular formula is C15H23N3O4S. The van der Waals surface area contributed by atoms with Crippen LogP contribution in [0.1, 0.15) is 30.6 Å². The van der Waals surface area contributed by atoms with Gasteiger partial charge >= 0.3 is 0 Å². The zero-order chi connectivity index (χ0) is 17.6. The molecule has 1 rings (SSSR count). The third-order valence-electron chi connectivity index (χ3n) is 3.19. The lowest BCUT2D eigenvalue weighted by molar-refractivity contribution is -0.122. The Hall–Kier alpha value is -1.93. The van der Waals surface area contributed by atoms with Crippen molar-refractivity contribution in [3.05, 3.63) is 29.8 Å². The number of hydrogen-bond acceptors (Lipinski definition) is 4. The van der Waals surface area contributed by atoms with Gasteiger partial charge in [-0.05, 0) is 37.6 Å². The van der Waals surface area contributed by atoms with Crippen LogP contribution in [0, 0.1) is 0 Å². The van der Waals surface area contributed by atoms with E-state index < -0.39 is 22.0 Å². The molecule has 0 bridgehead atoms. The molecule has 7 nitrogen and oxygen atoms in total. The predicted molar refractivity (Wildman–Crippen MR) is 87.5 cm³/mol. The molecule has 23 heavy (non-hydrogen) atoms. The second-order valence-electron chi connectivity index (χ2n) is 5.30. The minimum Gasteiger partial charge on any atom is -0.354 e. The summed E-state index contributed by atoms with van der Waals surface area (Å²) in [4.78, 5) is 23.9. The van der Waals surface area contributed by atoms with Gasteiger partial charge in [0.25, 0.3) is 5.91 Å². The molecule has 0 spiro atoms. The number of benzene rings is 1. The van der Waals surface area contributed by atoms with Crippen LogP contribution in [-0.2, 0) is 14.8 Å². The van der Waals surface area contributed by atoms with Crippen LogP contribution in [0.15, 0.2) is 29.2 Å². The standard InChI is InChI=1S/C15H23N3O4S/c1-5-10-16-14(19)11(2)17-15(20)12-6-8-13(9-7-12)23(21,22)18(3)4/h6-9,11H,5,10H2,1-4H3,(H,16,19)(H,17,20)/t11-/m1/s1. The average Bonchev–Trinajstić information content (AvgIpc) is 2.52. The third kappa shape index (κ3) is 5.04. The summed E-state index contributed by atoms with van der Waals surface area (Å²) in [6, 6.07) is 4.90. The Morgan fingerprint density at radius 1 is 1.17 bits per heavy atom. The molecular weight excluding hydrogens is 318 g/mol. The normalized spacial score (nSPS) is 12.7. The Bertz CT molecular complexity index is 654. The maximum atomic E-state index is 12.1. The smallest absolute Gasteiger partial charge is 0.251 e. The molecule has 0 fully saturated rings. The molecule has 0 aromatic heterocycles. The highest BCUT2D eigenvalue weighted by Crippen LogP contribution is 2.14. The topological polar surface area (TPSA) is 95.6 Å². The number of nitrogens with zero attached hydrogens (tertiary/aromatic N) is 1. The summed E-state index contributed by atoms with van der Waals surface area (Å²) in [5, 5.41) is 5.27. The first-order chi connectivity index (χ1) is 10.7. The molecule has 0 saturated carbocycles. The first-order valence-electron chi connectivity index (χ1n) is 7.31. The first-order valence-corrected chi connectivity index (χ1v) is 8.75. The zero-order valence-electron chi connectivity index (χ0n) is 13.8. The van der Waals surface area contributed by atoms with Gasteiger partial charge in [-0.3, -0.25) is 9.59 Å².